The highest BCUT2D eigenvalue weighted by molar-refractivity contribution is 5.80. The van der Waals surface area contributed by atoms with Crippen molar-refractivity contribution in [3.05, 3.63) is 59.2 Å². The first kappa shape index (κ1) is 17.9. The maximum atomic E-state index is 12.0. The maximum absolute atomic E-state index is 12.0. The molecule has 0 aliphatic carbocycles. The molecule has 0 unspecified atom stereocenters. The molecule has 1 atom stereocenters. The highest BCUT2D eigenvalue weighted by atomic mass is 16.5. The van der Waals surface area contributed by atoms with Crippen molar-refractivity contribution in [1.82, 2.24) is 5.32 Å². The van der Waals surface area contributed by atoms with Crippen molar-refractivity contribution < 1.29 is 14.3 Å². The third kappa shape index (κ3) is 5.61. The molecule has 128 valence electrons. The molecule has 0 bridgehead atoms. The van der Waals surface area contributed by atoms with Crippen molar-refractivity contribution >= 4 is 5.91 Å². The molecule has 0 aliphatic heterocycles. The van der Waals surface area contributed by atoms with E-state index in [9.17, 15) is 4.79 Å². The van der Waals surface area contributed by atoms with E-state index in [4.69, 9.17) is 9.47 Å². The number of nitrogens with one attached hydrogen (secondary N) is 1. The highest BCUT2D eigenvalue weighted by Gasteiger charge is 2.13. The van der Waals surface area contributed by atoms with Crippen LogP contribution in [0.3, 0.4) is 0 Å². The molecule has 0 spiro atoms. The average molecular weight is 327 g/mol. The fourth-order valence-corrected chi connectivity index (χ4v) is 2.38. The SMILES string of the molecule is Cc1ccc(O[C@H](C)C(=O)NCCOc2cc(C)cc(C)c2)cc1. The Morgan fingerprint density at radius 1 is 0.958 bits per heavy atom. The molecule has 2 aromatic carbocycles. The third-order valence-electron chi connectivity index (χ3n) is 3.57. The Morgan fingerprint density at radius 3 is 2.21 bits per heavy atom. The van der Waals surface area contributed by atoms with Gasteiger partial charge in [0.05, 0.1) is 6.54 Å². The summed E-state index contributed by atoms with van der Waals surface area (Å²) in [7, 11) is 0. The first-order chi connectivity index (χ1) is 11.4. The number of rotatable bonds is 7. The summed E-state index contributed by atoms with van der Waals surface area (Å²) in [6, 6.07) is 13.7. The zero-order valence-electron chi connectivity index (χ0n) is 14.8. The van der Waals surface area contributed by atoms with Crippen molar-refractivity contribution in [3.8, 4) is 11.5 Å². The smallest absolute Gasteiger partial charge is 0.260 e. The van der Waals surface area contributed by atoms with Crippen LogP contribution in [0.4, 0.5) is 0 Å². The summed E-state index contributed by atoms with van der Waals surface area (Å²) >= 11 is 0. The standard InChI is InChI=1S/C20H25NO3/c1-14-5-7-18(8-6-14)24-17(4)20(22)21-9-10-23-19-12-15(2)11-16(3)13-19/h5-8,11-13,17H,9-10H2,1-4H3,(H,21,22)/t17-/m1/s1. The summed E-state index contributed by atoms with van der Waals surface area (Å²) < 4.78 is 11.3. The molecule has 1 amide bonds. The molecule has 2 aromatic rings. The van der Waals surface area contributed by atoms with Crippen molar-refractivity contribution in [3.63, 3.8) is 0 Å². The van der Waals surface area contributed by atoms with E-state index in [1.165, 1.54) is 0 Å². The highest BCUT2D eigenvalue weighted by Crippen LogP contribution is 2.16. The van der Waals surface area contributed by atoms with Crippen LogP contribution in [-0.2, 0) is 4.79 Å². The van der Waals surface area contributed by atoms with Crippen LogP contribution in [0.25, 0.3) is 0 Å². The van der Waals surface area contributed by atoms with Gasteiger partial charge in [-0.05, 0) is 63.1 Å². The Morgan fingerprint density at radius 2 is 1.58 bits per heavy atom. The van der Waals surface area contributed by atoms with Gasteiger partial charge in [0.2, 0.25) is 0 Å². The van der Waals surface area contributed by atoms with Gasteiger partial charge >= 0.3 is 0 Å². The van der Waals surface area contributed by atoms with Crippen LogP contribution < -0.4 is 14.8 Å². The van der Waals surface area contributed by atoms with Crippen LogP contribution in [0.5, 0.6) is 11.5 Å². The van der Waals surface area contributed by atoms with Crippen LogP contribution >= 0.6 is 0 Å². The van der Waals surface area contributed by atoms with Gasteiger partial charge in [0.25, 0.3) is 5.91 Å². The van der Waals surface area contributed by atoms with Crippen LogP contribution in [-0.4, -0.2) is 25.2 Å². The lowest BCUT2D eigenvalue weighted by molar-refractivity contribution is -0.127. The number of carbonyl (C=O) groups is 1. The third-order valence-corrected chi connectivity index (χ3v) is 3.57. The molecule has 0 heterocycles. The predicted molar refractivity (Wildman–Crippen MR) is 95.7 cm³/mol. The largest absolute Gasteiger partial charge is 0.492 e. The van der Waals surface area contributed by atoms with Gasteiger partial charge in [-0.25, -0.2) is 0 Å². The topological polar surface area (TPSA) is 47.6 Å². The van der Waals surface area contributed by atoms with Crippen molar-refractivity contribution in [2.45, 2.75) is 33.8 Å². The van der Waals surface area contributed by atoms with Crippen LogP contribution in [0.1, 0.15) is 23.6 Å². The van der Waals surface area contributed by atoms with E-state index in [1.54, 1.807) is 6.92 Å². The molecule has 2 rings (SSSR count). The van der Waals surface area contributed by atoms with E-state index in [0.29, 0.717) is 18.9 Å². The molecule has 0 saturated carbocycles. The molecule has 0 radical (unpaired) electrons. The lowest BCUT2D eigenvalue weighted by Crippen LogP contribution is -2.38. The maximum Gasteiger partial charge on any atom is 0.260 e. The fourth-order valence-electron chi connectivity index (χ4n) is 2.38. The van der Waals surface area contributed by atoms with Crippen molar-refractivity contribution in [2.24, 2.45) is 0 Å². The summed E-state index contributed by atoms with van der Waals surface area (Å²) in [6.07, 6.45) is -0.547. The Bertz CT molecular complexity index is 660. The number of benzene rings is 2. The summed E-state index contributed by atoms with van der Waals surface area (Å²) in [5.74, 6) is 1.36. The summed E-state index contributed by atoms with van der Waals surface area (Å²) in [5, 5.41) is 2.82. The first-order valence-corrected chi connectivity index (χ1v) is 8.16. The number of hydrogen-bond acceptors (Lipinski definition) is 3. The molecular weight excluding hydrogens is 302 g/mol. The molecule has 4 heteroatoms. The molecule has 0 fully saturated rings. The minimum Gasteiger partial charge on any atom is -0.492 e. The predicted octanol–water partition coefficient (Wildman–Crippen LogP) is 3.57. The first-order valence-electron chi connectivity index (χ1n) is 8.16. The lowest BCUT2D eigenvalue weighted by Gasteiger charge is -2.15. The molecule has 24 heavy (non-hydrogen) atoms. The Hall–Kier alpha value is -2.49. The van der Waals surface area contributed by atoms with Crippen LogP contribution in [0.15, 0.2) is 42.5 Å². The van der Waals surface area contributed by atoms with E-state index in [2.05, 4.69) is 11.4 Å². The van der Waals surface area contributed by atoms with Gasteiger partial charge in [-0.1, -0.05) is 23.8 Å². The zero-order chi connectivity index (χ0) is 17.5. The van der Waals surface area contributed by atoms with Gasteiger partial charge in [0.15, 0.2) is 6.10 Å². The molecule has 4 nitrogen and oxygen atoms in total. The van der Waals surface area contributed by atoms with Gasteiger partial charge in [0.1, 0.15) is 18.1 Å². The van der Waals surface area contributed by atoms with Crippen molar-refractivity contribution in [2.75, 3.05) is 13.2 Å². The van der Waals surface area contributed by atoms with Gasteiger partial charge in [-0.2, -0.15) is 0 Å². The minimum atomic E-state index is -0.547. The van der Waals surface area contributed by atoms with Crippen LogP contribution in [0.2, 0.25) is 0 Å². The lowest BCUT2D eigenvalue weighted by atomic mass is 10.1. The van der Waals surface area contributed by atoms with Gasteiger partial charge in [-0.3, -0.25) is 4.79 Å². The number of aryl methyl sites for hydroxylation is 3. The van der Waals surface area contributed by atoms with E-state index >= 15 is 0 Å². The van der Waals surface area contributed by atoms with Gasteiger partial charge in [-0.15, -0.1) is 0 Å². The Balaban J connectivity index is 1.73. The number of carbonyl (C=O) groups excluding carboxylic acids is 1. The van der Waals surface area contributed by atoms with E-state index < -0.39 is 6.10 Å². The Labute approximate surface area is 143 Å². The van der Waals surface area contributed by atoms with Gasteiger partial charge < -0.3 is 14.8 Å². The number of ether oxygens (including phenoxy) is 2. The van der Waals surface area contributed by atoms with E-state index in [1.807, 2.05) is 57.2 Å². The summed E-state index contributed by atoms with van der Waals surface area (Å²) in [5.41, 5.74) is 3.48. The second-order valence-electron chi connectivity index (χ2n) is 6.04. The average Bonchev–Trinajstić information content (AvgIpc) is 2.52. The van der Waals surface area contributed by atoms with Gasteiger partial charge in [0, 0.05) is 0 Å². The van der Waals surface area contributed by atoms with Crippen LogP contribution in [0, 0.1) is 20.8 Å². The normalized spacial score (nSPS) is 11.7. The zero-order valence-corrected chi connectivity index (χ0v) is 14.8. The molecule has 0 aromatic heterocycles. The van der Waals surface area contributed by atoms with Crippen molar-refractivity contribution in [1.29, 1.82) is 0 Å². The molecular formula is C20H25NO3. The van der Waals surface area contributed by atoms with E-state index in [-0.39, 0.29) is 5.91 Å². The quantitative estimate of drug-likeness (QED) is 0.791. The number of amides is 1. The second kappa shape index (κ2) is 8.39. The number of hydrogen-bond donors (Lipinski definition) is 1. The minimum absolute atomic E-state index is 0.153. The fraction of sp³-hybridized carbons (Fsp3) is 0.350. The second-order valence-corrected chi connectivity index (χ2v) is 6.04. The summed E-state index contributed by atoms with van der Waals surface area (Å²) in [4.78, 5) is 12.0. The monoisotopic (exact) mass is 327 g/mol. The molecule has 1 N–H and O–H groups in total. The molecule has 0 saturated heterocycles. The summed E-state index contributed by atoms with van der Waals surface area (Å²) in [6.45, 7) is 8.67. The molecule has 0 aliphatic rings. The Kier molecular flexibility index (Phi) is 6.24. The van der Waals surface area contributed by atoms with E-state index in [0.717, 1.165) is 22.4 Å².